The minimum atomic E-state index is -0.170. The van der Waals surface area contributed by atoms with E-state index in [-0.39, 0.29) is 17.5 Å². The van der Waals surface area contributed by atoms with Gasteiger partial charge in [-0.05, 0) is 115 Å². The molecular formula is C27H46N6. The van der Waals surface area contributed by atoms with Crippen LogP contribution in [0.5, 0.6) is 0 Å². The van der Waals surface area contributed by atoms with Crippen LogP contribution in [0.3, 0.4) is 0 Å². The van der Waals surface area contributed by atoms with Crippen molar-refractivity contribution in [3.63, 3.8) is 0 Å². The summed E-state index contributed by atoms with van der Waals surface area (Å²) in [5.74, 6) is 5.32. The van der Waals surface area contributed by atoms with Crippen LogP contribution >= 0.6 is 0 Å². The Morgan fingerprint density at radius 1 is 0.788 bits per heavy atom. The smallest absolute Gasteiger partial charge is 0.0491 e. The number of fused-ring (bicyclic) bond motifs is 5. The number of azide groups is 2. The highest BCUT2D eigenvalue weighted by Crippen LogP contribution is 2.68. The maximum absolute atomic E-state index is 9.26. The summed E-state index contributed by atoms with van der Waals surface area (Å²) in [5, 5.41) is 8.28. The zero-order valence-electron chi connectivity index (χ0n) is 21.7. The lowest BCUT2D eigenvalue weighted by atomic mass is 9.43. The first kappa shape index (κ1) is 24.7. The zero-order chi connectivity index (χ0) is 23.8. The molecule has 6 nitrogen and oxygen atoms in total. The molecule has 33 heavy (non-hydrogen) atoms. The summed E-state index contributed by atoms with van der Waals surface area (Å²) >= 11 is 0. The van der Waals surface area contributed by atoms with Crippen LogP contribution in [0.25, 0.3) is 20.9 Å². The number of hydrogen-bond acceptors (Lipinski definition) is 2. The molecule has 0 bridgehead atoms. The summed E-state index contributed by atoms with van der Waals surface area (Å²) < 4.78 is 0. The fraction of sp³-hybridized carbons (Fsp3) is 1.00. The van der Waals surface area contributed by atoms with Crippen molar-refractivity contribution >= 4 is 0 Å². The average Bonchev–Trinajstić information content (AvgIpc) is 3.12. The van der Waals surface area contributed by atoms with Crippen LogP contribution < -0.4 is 0 Å². The lowest BCUT2D eigenvalue weighted by molar-refractivity contribution is -0.121. The molecule has 0 N–H and O–H groups in total. The van der Waals surface area contributed by atoms with Crippen molar-refractivity contribution in [3.05, 3.63) is 20.9 Å². The minimum Gasteiger partial charge on any atom is -0.0902 e. The molecular weight excluding hydrogens is 408 g/mol. The van der Waals surface area contributed by atoms with Gasteiger partial charge < -0.3 is 0 Å². The molecule has 0 amide bonds. The highest BCUT2D eigenvalue weighted by atomic mass is 15.2. The van der Waals surface area contributed by atoms with Crippen molar-refractivity contribution in [2.24, 2.45) is 62.5 Å². The molecule has 4 fully saturated rings. The first-order valence-electron chi connectivity index (χ1n) is 13.8. The van der Waals surface area contributed by atoms with Gasteiger partial charge in [0.25, 0.3) is 0 Å². The van der Waals surface area contributed by atoms with E-state index in [1.807, 2.05) is 0 Å². The first-order valence-corrected chi connectivity index (χ1v) is 13.8. The van der Waals surface area contributed by atoms with Gasteiger partial charge in [0, 0.05) is 21.9 Å². The molecule has 4 saturated carbocycles. The van der Waals surface area contributed by atoms with E-state index >= 15 is 0 Å². The lowest BCUT2D eigenvalue weighted by Gasteiger charge is -2.62. The summed E-state index contributed by atoms with van der Waals surface area (Å²) in [6.45, 7) is 12.4. The zero-order valence-corrected chi connectivity index (χ0v) is 21.7. The van der Waals surface area contributed by atoms with Gasteiger partial charge in [-0.2, -0.15) is 0 Å². The van der Waals surface area contributed by atoms with Gasteiger partial charge in [-0.3, -0.25) is 0 Å². The number of nitrogens with zero attached hydrogens (tertiary/aromatic N) is 6. The molecule has 3 unspecified atom stereocenters. The molecule has 0 heterocycles. The monoisotopic (exact) mass is 454 g/mol. The second-order valence-electron chi connectivity index (χ2n) is 13.1. The Labute approximate surface area is 200 Å². The predicted molar refractivity (Wildman–Crippen MR) is 134 cm³/mol. The van der Waals surface area contributed by atoms with Crippen LogP contribution in [-0.4, -0.2) is 12.1 Å². The van der Waals surface area contributed by atoms with E-state index in [0.29, 0.717) is 11.3 Å². The second kappa shape index (κ2) is 9.70. The molecule has 4 aliphatic rings. The van der Waals surface area contributed by atoms with Gasteiger partial charge >= 0.3 is 0 Å². The maximum atomic E-state index is 9.26. The third-order valence-corrected chi connectivity index (χ3v) is 11.3. The van der Waals surface area contributed by atoms with Gasteiger partial charge in [-0.25, -0.2) is 0 Å². The quantitative estimate of drug-likeness (QED) is 0.208. The molecule has 0 spiro atoms. The number of hydrogen-bond donors (Lipinski definition) is 0. The van der Waals surface area contributed by atoms with Crippen molar-refractivity contribution < 1.29 is 0 Å². The predicted octanol–water partition coefficient (Wildman–Crippen LogP) is 9.08. The van der Waals surface area contributed by atoms with Crippen molar-refractivity contribution in [2.45, 2.75) is 117 Å². The van der Waals surface area contributed by atoms with Crippen LogP contribution in [0.4, 0.5) is 0 Å². The fourth-order valence-electron chi connectivity index (χ4n) is 9.75. The number of rotatable bonds is 7. The summed E-state index contributed by atoms with van der Waals surface area (Å²) in [4.78, 5) is 6.27. The van der Waals surface area contributed by atoms with Crippen LogP contribution in [0.1, 0.15) is 105 Å². The lowest BCUT2D eigenvalue weighted by Crippen LogP contribution is -2.57. The Balaban J connectivity index is 1.52. The van der Waals surface area contributed by atoms with E-state index in [2.05, 4.69) is 54.7 Å². The molecule has 0 aromatic carbocycles. The third-order valence-electron chi connectivity index (χ3n) is 11.3. The summed E-state index contributed by atoms with van der Waals surface area (Å²) in [6, 6.07) is -0.340. The van der Waals surface area contributed by atoms with Gasteiger partial charge in [-0.15, -0.1) is 0 Å². The third kappa shape index (κ3) is 4.27. The summed E-state index contributed by atoms with van der Waals surface area (Å²) in [5.41, 5.74) is 19.0. The molecule has 0 aliphatic heterocycles. The van der Waals surface area contributed by atoms with Gasteiger partial charge in [0.1, 0.15) is 0 Å². The summed E-state index contributed by atoms with van der Waals surface area (Å²) in [6.07, 6.45) is 14.0. The maximum Gasteiger partial charge on any atom is 0.0491 e. The Hall–Kier alpha value is -1.38. The van der Waals surface area contributed by atoms with Gasteiger partial charge in [-0.1, -0.05) is 64.1 Å². The Bertz CT molecular complexity index is 798. The highest BCUT2D eigenvalue weighted by Gasteiger charge is 2.61. The van der Waals surface area contributed by atoms with Gasteiger partial charge in [0.15, 0.2) is 0 Å². The molecule has 10 atom stereocenters. The van der Waals surface area contributed by atoms with Gasteiger partial charge in [0.2, 0.25) is 0 Å². The SMILES string of the molecule is CC(C)CCC[C@@H](C)[C@H]1CC[C@H]2[C@@H]3CCC4C(N=[N+]=[N-])C(N=[N+]=[N-])CC[C@]4(C)[C@H]3CC[C@]12C. The topological polar surface area (TPSA) is 97.5 Å². The molecule has 0 radical (unpaired) electrons. The first-order chi connectivity index (χ1) is 15.8. The van der Waals surface area contributed by atoms with Crippen LogP contribution in [0, 0.1) is 52.3 Å². The highest BCUT2D eigenvalue weighted by molar-refractivity contribution is 5.12. The van der Waals surface area contributed by atoms with Crippen LogP contribution in [0.2, 0.25) is 0 Å². The van der Waals surface area contributed by atoms with Crippen LogP contribution in [-0.2, 0) is 0 Å². The second-order valence-corrected chi connectivity index (χ2v) is 13.1. The Kier molecular flexibility index (Phi) is 7.27. The fourth-order valence-corrected chi connectivity index (χ4v) is 9.75. The Morgan fingerprint density at radius 3 is 2.15 bits per heavy atom. The van der Waals surface area contributed by atoms with Gasteiger partial charge in [0.05, 0.1) is 0 Å². The van der Waals surface area contributed by atoms with E-state index in [4.69, 9.17) is 5.53 Å². The standard InChI is InChI=1S/C27H46N6/c1-17(2)7-6-8-18(3)20-11-12-21-19-9-10-23-25(31-33-29)24(30-32-28)14-16-27(23,5)22(19)13-15-26(20,21)4/h17-25H,6-16H2,1-5H3/t18-,19+,20-,21+,22+,23?,24?,25?,26-,27-/m1/s1. The minimum absolute atomic E-state index is 0.170. The van der Waals surface area contributed by atoms with Crippen molar-refractivity contribution in [3.8, 4) is 0 Å². The van der Waals surface area contributed by atoms with E-state index in [9.17, 15) is 5.53 Å². The van der Waals surface area contributed by atoms with Crippen LogP contribution in [0.15, 0.2) is 10.2 Å². The van der Waals surface area contributed by atoms with E-state index < -0.39 is 0 Å². The largest absolute Gasteiger partial charge is 0.0902 e. The van der Waals surface area contributed by atoms with Crippen molar-refractivity contribution in [1.82, 2.24) is 0 Å². The van der Waals surface area contributed by atoms with E-state index in [1.165, 1.54) is 51.4 Å². The molecule has 0 saturated heterocycles. The molecule has 184 valence electrons. The average molecular weight is 455 g/mol. The Morgan fingerprint density at radius 2 is 1.45 bits per heavy atom. The molecule has 4 rings (SSSR count). The van der Waals surface area contributed by atoms with Crippen molar-refractivity contribution in [2.75, 3.05) is 0 Å². The summed E-state index contributed by atoms with van der Waals surface area (Å²) in [7, 11) is 0. The normalized spacial score (nSPS) is 45.2. The molecule has 0 aromatic rings. The molecule has 4 aliphatic carbocycles. The van der Waals surface area contributed by atoms with Crippen molar-refractivity contribution in [1.29, 1.82) is 0 Å². The van der Waals surface area contributed by atoms with E-state index in [0.717, 1.165) is 54.8 Å². The molecule has 6 heteroatoms. The molecule has 0 aromatic heterocycles. The van der Waals surface area contributed by atoms with E-state index in [1.54, 1.807) is 0 Å².